The average molecular weight is 664 g/mol. The van der Waals surface area contributed by atoms with Crippen LogP contribution in [0.1, 0.15) is 54.0 Å². The van der Waals surface area contributed by atoms with E-state index in [-0.39, 0.29) is 35.0 Å². The minimum absolute atomic E-state index is 0.136. The summed E-state index contributed by atoms with van der Waals surface area (Å²) in [5.41, 5.74) is 4.32. The highest BCUT2D eigenvalue weighted by molar-refractivity contribution is 7.89. The fourth-order valence-corrected chi connectivity index (χ4v) is 8.55. The van der Waals surface area contributed by atoms with Gasteiger partial charge < -0.3 is 10.6 Å². The highest BCUT2D eigenvalue weighted by Crippen LogP contribution is 2.35. The van der Waals surface area contributed by atoms with E-state index in [0.717, 1.165) is 28.3 Å². The van der Waals surface area contributed by atoms with E-state index in [9.17, 15) is 22.0 Å². The molecule has 0 aliphatic carbocycles. The average Bonchev–Trinajstić information content (AvgIpc) is 3.01. The first-order valence-corrected chi connectivity index (χ1v) is 17.2. The molecular formula is C37H40F3N3O3S. The number of halogens is 3. The molecule has 4 atom stereocenters. The molecule has 1 amide bonds. The Labute approximate surface area is 275 Å². The van der Waals surface area contributed by atoms with Crippen LogP contribution in [0.3, 0.4) is 0 Å². The van der Waals surface area contributed by atoms with Gasteiger partial charge in [-0.2, -0.15) is 4.31 Å². The summed E-state index contributed by atoms with van der Waals surface area (Å²) >= 11 is 0. The summed E-state index contributed by atoms with van der Waals surface area (Å²) in [5.74, 6) is -2.90. The molecule has 0 aromatic heterocycles. The molecule has 0 bridgehead atoms. The molecule has 1 fully saturated rings. The Morgan fingerprint density at radius 3 is 2.26 bits per heavy atom. The number of sulfonamides is 1. The van der Waals surface area contributed by atoms with Crippen molar-refractivity contribution in [1.82, 2.24) is 9.62 Å². The van der Waals surface area contributed by atoms with Crippen LogP contribution in [0.4, 0.5) is 18.9 Å². The standard InChI is InChI=1S/C37H40F3N3O3S/c1-23-17-24(2)19-28(18-23)36(27-11-13-29(38)14-12-27)26(4)37(44)42-35-10-6-9-34(40)33(35)16-15-31-22-41-21-25(3)43(31)47(45,46)32-8-5-7-30(39)20-32/h5-14,17-20,25-26,31,36,41H,15-16,21-22H2,1-4H3,(H,42,44)/t25-,26-,31-,36-/m0/s1. The molecule has 1 aliphatic rings. The zero-order valence-corrected chi connectivity index (χ0v) is 27.8. The van der Waals surface area contributed by atoms with Crippen LogP contribution < -0.4 is 10.6 Å². The summed E-state index contributed by atoms with van der Waals surface area (Å²) < 4.78 is 72.0. The number of aryl methyl sites for hydroxylation is 2. The van der Waals surface area contributed by atoms with Gasteiger partial charge in [-0.05, 0) is 87.2 Å². The smallest absolute Gasteiger partial charge is 0.243 e. The van der Waals surface area contributed by atoms with Gasteiger partial charge in [0.2, 0.25) is 15.9 Å². The molecule has 248 valence electrons. The van der Waals surface area contributed by atoms with E-state index in [1.807, 2.05) is 32.0 Å². The van der Waals surface area contributed by atoms with Crippen molar-refractivity contribution < 1.29 is 26.4 Å². The highest BCUT2D eigenvalue weighted by atomic mass is 32.2. The molecule has 0 unspecified atom stereocenters. The number of carbonyl (C=O) groups excluding carboxylic acids is 1. The van der Waals surface area contributed by atoms with Gasteiger partial charge >= 0.3 is 0 Å². The second kappa shape index (κ2) is 14.4. The Hall–Kier alpha value is -3.99. The maximum absolute atomic E-state index is 15.4. The number of benzene rings is 4. The molecule has 1 aliphatic heterocycles. The van der Waals surface area contributed by atoms with E-state index in [0.29, 0.717) is 18.8 Å². The minimum atomic E-state index is -4.04. The predicted molar refractivity (Wildman–Crippen MR) is 178 cm³/mol. The third-order valence-electron chi connectivity index (χ3n) is 8.84. The fourth-order valence-electron chi connectivity index (χ4n) is 6.68. The zero-order chi connectivity index (χ0) is 33.9. The van der Waals surface area contributed by atoms with Crippen LogP contribution in [0.2, 0.25) is 0 Å². The topological polar surface area (TPSA) is 78.5 Å². The van der Waals surface area contributed by atoms with Crippen molar-refractivity contribution in [2.75, 3.05) is 18.4 Å². The summed E-state index contributed by atoms with van der Waals surface area (Å²) in [6.07, 6.45) is 0.398. The van der Waals surface area contributed by atoms with Crippen molar-refractivity contribution in [3.05, 3.63) is 130 Å². The van der Waals surface area contributed by atoms with E-state index in [2.05, 4.69) is 10.6 Å². The summed E-state index contributed by atoms with van der Waals surface area (Å²) in [6.45, 7) is 8.29. The van der Waals surface area contributed by atoms with Gasteiger partial charge in [0.05, 0.1) is 4.90 Å². The lowest BCUT2D eigenvalue weighted by Crippen LogP contribution is -2.58. The van der Waals surface area contributed by atoms with Crippen molar-refractivity contribution in [2.45, 2.75) is 63.4 Å². The van der Waals surface area contributed by atoms with E-state index in [1.54, 1.807) is 32.0 Å². The molecule has 1 heterocycles. The molecular weight excluding hydrogens is 623 g/mol. The van der Waals surface area contributed by atoms with Crippen LogP contribution in [0.25, 0.3) is 0 Å². The van der Waals surface area contributed by atoms with Crippen LogP contribution in [-0.2, 0) is 21.2 Å². The van der Waals surface area contributed by atoms with Gasteiger partial charge in [-0.25, -0.2) is 21.6 Å². The van der Waals surface area contributed by atoms with Crippen molar-refractivity contribution in [3.8, 4) is 0 Å². The molecule has 1 saturated heterocycles. The monoisotopic (exact) mass is 663 g/mol. The maximum Gasteiger partial charge on any atom is 0.243 e. The highest BCUT2D eigenvalue weighted by Gasteiger charge is 2.38. The first-order valence-electron chi connectivity index (χ1n) is 15.8. The van der Waals surface area contributed by atoms with Gasteiger partial charge in [0.15, 0.2) is 0 Å². The summed E-state index contributed by atoms with van der Waals surface area (Å²) in [4.78, 5) is 13.7. The number of hydrogen-bond donors (Lipinski definition) is 2. The fraction of sp³-hybridized carbons (Fsp3) is 0.324. The molecule has 2 N–H and O–H groups in total. The number of nitrogens with zero attached hydrogens (tertiary/aromatic N) is 1. The van der Waals surface area contributed by atoms with Crippen LogP contribution in [-0.4, -0.2) is 43.8 Å². The first kappa shape index (κ1) is 34.3. The number of amides is 1. The van der Waals surface area contributed by atoms with E-state index in [1.165, 1.54) is 46.8 Å². The second-order valence-corrected chi connectivity index (χ2v) is 14.3. The Kier molecular flexibility index (Phi) is 10.5. The van der Waals surface area contributed by atoms with E-state index in [4.69, 9.17) is 0 Å². The third kappa shape index (κ3) is 7.77. The number of piperazine rings is 1. The van der Waals surface area contributed by atoms with Crippen LogP contribution in [0.15, 0.2) is 89.8 Å². The number of hydrogen-bond acceptors (Lipinski definition) is 4. The summed E-state index contributed by atoms with van der Waals surface area (Å²) in [5, 5.41) is 6.19. The predicted octanol–water partition coefficient (Wildman–Crippen LogP) is 7.11. The van der Waals surface area contributed by atoms with Crippen LogP contribution in [0.5, 0.6) is 0 Å². The van der Waals surface area contributed by atoms with Crippen LogP contribution in [0, 0.1) is 37.2 Å². The molecule has 5 rings (SSSR count). The number of carbonyl (C=O) groups is 1. The Bertz CT molecular complexity index is 1830. The SMILES string of the molecule is Cc1cc(C)cc([C@H](c2ccc(F)cc2)[C@H](C)C(=O)Nc2cccc(F)c2CC[C@H]2CNC[C@H](C)N2S(=O)(=O)c2cccc(F)c2)c1. The van der Waals surface area contributed by atoms with Gasteiger partial charge in [-0.3, -0.25) is 4.79 Å². The second-order valence-electron chi connectivity index (χ2n) is 12.5. The lowest BCUT2D eigenvalue weighted by Gasteiger charge is -2.40. The Balaban J connectivity index is 1.40. The molecule has 0 radical (unpaired) electrons. The van der Waals surface area contributed by atoms with Gasteiger partial charge in [0.1, 0.15) is 17.5 Å². The normalized spacial score (nSPS) is 18.4. The lowest BCUT2D eigenvalue weighted by molar-refractivity contribution is -0.119. The Morgan fingerprint density at radius 2 is 1.57 bits per heavy atom. The lowest BCUT2D eigenvalue weighted by atomic mass is 9.80. The van der Waals surface area contributed by atoms with Gasteiger partial charge in [0.25, 0.3) is 0 Å². The van der Waals surface area contributed by atoms with Gasteiger partial charge in [-0.1, -0.05) is 60.5 Å². The molecule has 0 spiro atoms. The van der Waals surface area contributed by atoms with Crippen molar-refractivity contribution >= 4 is 21.6 Å². The number of anilines is 1. The van der Waals surface area contributed by atoms with E-state index < -0.39 is 45.6 Å². The third-order valence-corrected chi connectivity index (χ3v) is 10.9. The summed E-state index contributed by atoms with van der Waals surface area (Å²) in [7, 11) is -4.04. The molecule has 0 saturated carbocycles. The number of nitrogens with one attached hydrogen (secondary N) is 2. The van der Waals surface area contributed by atoms with Gasteiger partial charge in [0, 0.05) is 48.3 Å². The molecule has 47 heavy (non-hydrogen) atoms. The van der Waals surface area contributed by atoms with Crippen LogP contribution >= 0.6 is 0 Å². The molecule has 4 aromatic rings. The summed E-state index contributed by atoms with van der Waals surface area (Å²) in [6, 6.07) is 20.6. The van der Waals surface area contributed by atoms with Crippen molar-refractivity contribution in [3.63, 3.8) is 0 Å². The molecule has 6 nitrogen and oxygen atoms in total. The van der Waals surface area contributed by atoms with E-state index >= 15 is 4.39 Å². The first-order chi connectivity index (χ1) is 22.3. The van der Waals surface area contributed by atoms with Crippen molar-refractivity contribution in [2.24, 2.45) is 5.92 Å². The molecule has 10 heteroatoms. The zero-order valence-electron chi connectivity index (χ0n) is 26.9. The Morgan fingerprint density at radius 1 is 0.894 bits per heavy atom. The number of rotatable bonds is 10. The largest absolute Gasteiger partial charge is 0.325 e. The maximum atomic E-state index is 15.4. The van der Waals surface area contributed by atoms with Gasteiger partial charge in [-0.15, -0.1) is 0 Å². The van der Waals surface area contributed by atoms with Crippen molar-refractivity contribution in [1.29, 1.82) is 0 Å². The minimum Gasteiger partial charge on any atom is -0.325 e. The quantitative estimate of drug-likeness (QED) is 0.190. The molecule has 4 aromatic carbocycles.